The lowest BCUT2D eigenvalue weighted by Gasteiger charge is -2.16. The Kier molecular flexibility index (Phi) is 5.08. The van der Waals surface area contributed by atoms with Gasteiger partial charge in [-0.15, -0.1) is 0 Å². The lowest BCUT2D eigenvalue weighted by Crippen LogP contribution is -2.09. The first-order valence-corrected chi connectivity index (χ1v) is 8.33. The van der Waals surface area contributed by atoms with Crippen LogP contribution >= 0.6 is 0 Å². The molecule has 0 aliphatic carbocycles. The summed E-state index contributed by atoms with van der Waals surface area (Å²) in [5.74, 6) is 1.14. The van der Waals surface area contributed by atoms with Gasteiger partial charge in [0.25, 0.3) is 5.69 Å². The number of aromatic nitrogens is 2. The highest BCUT2D eigenvalue weighted by atomic mass is 16.6. The molecule has 0 saturated carbocycles. The van der Waals surface area contributed by atoms with E-state index in [9.17, 15) is 10.1 Å². The summed E-state index contributed by atoms with van der Waals surface area (Å²) in [7, 11) is 0. The van der Waals surface area contributed by atoms with Crippen molar-refractivity contribution in [1.82, 2.24) is 9.97 Å². The van der Waals surface area contributed by atoms with Crippen LogP contribution in [0.1, 0.15) is 29.8 Å². The van der Waals surface area contributed by atoms with Crippen molar-refractivity contribution in [3.05, 3.63) is 81.5 Å². The van der Waals surface area contributed by atoms with Gasteiger partial charge in [0, 0.05) is 35.5 Å². The standard InChI is InChI=1S/C20H17N5O2/c1-13-10-19(23-14(2)17-5-3-4-15(11-17)12-21)24-20(22-13)16-6-8-18(9-7-16)25(26)27/h3-11,14H,1-2H3,(H,22,23,24). The Morgan fingerprint density at radius 3 is 2.56 bits per heavy atom. The molecule has 2 aromatic carbocycles. The van der Waals surface area contributed by atoms with E-state index in [1.807, 2.05) is 38.1 Å². The predicted molar refractivity (Wildman–Crippen MR) is 102 cm³/mol. The van der Waals surface area contributed by atoms with Gasteiger partial charge in [0.15, 0.2) is 5.82 Å². The zero-order valence-corrected chi connectivity index (χ0v) is 14.9. The van der Waals surface area contributed by atoms with Gasteiger partial charge < -0.3 is 5.32 Å². The van der Waals surface area contributed by atoms with Crippen molar-refractivity contribution >= 4 is 11.5 Å². The molecule has 3 rings (SSSR count). The maximum Gasteiger partial charge on any atom is 0.269 e. The molecule has 0 aliphatic rings. The molecule has 0 spiro atoms. The average molecular weight is 359 g/mol. The number of nitro benzene ring substituents is 1. The molecule has 7 heteroatoms. The number of aryl methyl sites for hydroxylation is 1. The Labute approximate surface area is 156 Å². The third kappa shape index (κ3) is 4.25. The van der Waals surface area contributed by atoms with Gasteiger partial charge in [-0.05, 0) is 43.7 Å². The summed E-state index contributed by atoms with van der Waals surface area (Å²) in [5, 5.41) is 23.2. The SMILES string of the molecule is Cc1cc(NC(C)c2cccc(C#N)c2)nc(-c2ccc([N+](=O)[O-])cc2)n1. The van der Waals surface area contributed by atoms with Crippen LogP contribution in [0.5, 0.6) is 0 Å². The molecule has 0 bridgehead atoms. The maximum atomic E-state index is 10.8. The van der Waals surface area contributed by atoms with Crippen LogP contribution in [-0.4, -0.2) is 14.9 Å². The Hall–Kier alpha value is -3.79. The molecule has 1 atom stereocenters. The molecule has 27 heavy (non-hydrogen) atoms. The average Bonchev–Trinajstić information content (AvgIpc) is 2.67. The molecular formula is C20H17N5O2. The summed E-state index contributed by atoms with van der Waals surface area (Å²) in [4.78, 5) is 19.3. The van der Waals surface area contributed by atoms with E-state index in [2.05, 4.69) is 21.4 Å². The highest BCUT2D eigenvalue weighted by Gasteiger charge is 2.11. The number of rotatable bonds is 5. The first kappa shape index (κ1) is 18.0. The fourth-order valence-electron chi connectivity index (χ4n) is 2.69. The lowest BCUT2D eigenvalue weighted by atomic mass is 10.1. The predicted octanol–water partition coefficient (Wildman–Crippen LogP) is 4.41. The molecule has 1 N–H and O–H groups in total. The van der Waals surface area contributed by atoms with Gasteiger partial charge >= 0.3 is 0 Å². The minimum Gasteiger partial charge on any atom is -0.363 e. The fourth-order valence-corrected chi connectivity index (χ4v) is 2.69. The van der Waals surface area contributed by atoms with Crippen LogP contribution in [0.3, 0.4) is 0 Å². The Morgan fingerprint density at radius 1 is 1.15 bits per heavy atom. The van der Waals surface area contributed by atoms with E-state index in [4.69, 9.17) is 5.26 Å². The zero-order valence-electron chi connectivity index (χ0n) is 14.9. The fraction of sp³-hybridized carbons (Fsp3) is 0.150. The summed E-state index contributed by atoms with van der Waals surface area (Å²) in [6.45, 7) is 3.85. The van der Waals surface area contributed by atoms with Crippen molar-refractivity contribution in [1.29, 1.82) is 5.26 Å². The second kappa shape index (κ2) is 7.62. The molecule has 1 aromatic heterocycles. The minimum atomic E-state index is -0.440. The van der Waals surface area contributed by atoms with Crippen LogP contribution in [0.2, 0.25) is 0 Å². The van der Waals surface area contributed by atoms with Crippen LogP contribution in [0.4, 0.5) is 11.5 Å². The number of nitriles is 1. The third-order valence-electron chi connectivity index (χ3n) is 4.07. The van der Waals surface area contributed by atoms with Crippen molar-refractivity contribution in [3.63, 3.8) is 0 Å². The number of anilines is 1. The number of nitrogens with one attached hydrogen (secondary N) is 1. The van der Waals surface area contributed by atoms with Gasteiger partial charge in [0.05, 0.1) is 16.6 Å². The molecule has 7 nitrogen and oxygen atoms in total. The Balaban J connectivity index is 1.86. The monoisotopic (exact) mass is 359 g/mol. The molecule has 0 aliphatic heterocycles. The highest BCUT2D eigenvalue weighted by molar-refractivity contribution is 5.59. The van der Waals surface area contributed by atoms with Gasteiger partial charge in [-0.3, -0.25) is 10.1 Å². The van der Waals surface area contributed by atoms with Gasteiger partial charge in [-0.1, -0.05) is 12.1 Å². The maximum absolute atomic E-state index is 10.8. The summed E-state index contributed by atoms with van der Waals surface area (Å²) in [6, 6.07) is 17.4. The number of benzene rings is 2. The van der Waals surface area contributed by atoms with Crippen molar-refractivity contribution in [3.8, 4) is 17.5 Å². The van der Waals surface area contributed by atoms with Gasteiger partial charge in [0.2, 0.25) is 0 Å². The molecular weight excluding hydrogens is 342 g/mol. The van der Waals surface area contributed by atoms with Crippen LogP contribution in [0.25, 0.3) is 11.4 Å². The van der Waals surface area contributed by atoms with E-state index >= 15 is 0 Å². The summed E-state index contributed by atoms with van der Waals surface area (Å²) >= 11 is 0. The normalized spacial score (nSPS) is 11.4. The van der Waals surface area contributed by atoms with Crippen molar-refractivity contribution in [2.45, 2.75) is 19.9 Å². The molecule has 0 amide bonds. The van der Waals surface area contributed by atoms with Crippen LogP contribution in [0.15, 0.2) is 54.6 Å². The number of non-ortho nitro benzene ring substituents is 1. The first-order chi connectivity index (χ1) is 13.0. The summed E-state index contributed by atoms with van der Waals surface area (Å²) in [5.41, 5.74) is 3.08. The lowest BCUT2D eigenvalue weighted by molar-refractivity contribution is -0.384. The van der Waals surface area contributed by atoms with Crippen LogP contribution < -0.4 is 5.32 Å². The van der Waals surface area contributed by atoms with E-state index in [0.717, 1.165) is 11.3 Å². The number of nitrogens with zero attached hydrogens (tertiary/aromatic N) is 4. The van der Waals surface area contributed by atoms with Crippen molar-refractivity contribution < 1.29 is 4.92 Å². The van der Waals surface area contributed by atoms with Crippen molar-refractivity contribution in [2.24, 2.45) is 0 Å². The van der Waals surface area contributed by atoms with Crippen LogP contribution in [0, 0.1) is 28.4 Å². The zero-order chi connectivity index (χ0) is 19.4. The summed E-state index contributed by atoms with van der Waals surface area (Å²) in [6.07, 6.45) is 0. The van der Waals surface area contributed by atoms with Crippen molar-refractivity contribution in [2.75, 3.05) is 5.32 Å². The van der Waals surface area contributed by atoms with E-state index in [1.165, 1.54) is 12.1 Å². The van der Waals surface area contributed by atoms with E-state index < -0.39 is 4.92 Å². The van der Waals surface area contributed by atoms with Gasteiger partial charge in [-0.25, -0.2) is 9.97 Å². The van der Waals surface area contributed by atoms with Crippen LogP contribution in [-0.2, 0) is 0 Å². The smallest absolute Gasteiger partial charge is 0.269 e. The second-order valence-corrected chi connectivity index (χ2v) is 6.13. The topological polar surface area (TPSA) is 105 Å². The highest BCUT2D eigenvalue weighted by Crippen LogP contribution is 2.23. The second-order valence-electron chi connectivity index (χ2n) is 6.13. The molecule has 0 radical (unpaired) electrons. The summed E-state index contributed by atoms with van der Waals surface area (Å²) < 4.78 is 0. The van der Waals surface area contributed by atoms with Gasteiger partial charge in [0.1, 0.15) is 5.82 Å². The first-order valence-electron chi connectivity index (χ1n) is 8.33. The molecule has 1 unspecified atom stereocenters. The molecule has 134 valence electrons. The minimum absolute atomic E-state index is 0.0238. The van der Waals surface area contributed by atoms with Gasteiger partial charge in [-0.2, -0.15) is 5.26 Å². The number of hydrogen-bond acceptors (Lipinski definition) is 6. The Bertz CT molecular complexity index is 1030. The quantitative estimate of drug-likeness (QED) is 0.534. The number of hydrogen-bond donors (Lipinski definition) is 1. The van der Waals surface area contributed by atoms with E-state index in [1.54, 1.807) is 18.2 Å². The largest absolute Gasteiger partial charge is 0.363 e. The molecule has 0 fully saturated rings. The molecule has 0 saturated heterocycles. The Morgan fingerprint density at radius 2 is 1.89 bits per heavy atom. The number of nitro groups is 1. The van der Waals surface area contributed by atoms with E-state index in [-0.39, 0.29) is 11.7 Å². The molecule has 1 heterocycles. The van der Waals surface area contributed by atoms with E-state index in [0.29, 0.717) is 22.8 Å². The molecule has 3 aromatic rings. The third-order valence-corrected chi connectivity index (χ3v) is 4.07.